The van der Waals surface area contributed by atoms with Crippen molar-refractivity contribution in [3.05, 3.63) is 34.4 Å². The predicted octanol–water partition coefficient (Wildman–Crippen LogP) is 2.18. The lowest BCUT2D eigenvalue weighted by molar-refractivity contribution is 0.0951. The molecular formula is C14H17N5O2S. The van der Waals surface area contributed by atoms with Crippen LogP contribution in [0.1, 0.15) is 47.3 Å². The van der Waals surface area contributed by atoms with Crippen molar-refractivity contribution in [3.63, 3.8) is 0 Å². The van der Waals surface area contributed by atoms with E-state index in [-0.39, 0.29) is 11.8 Å². The van der Waals surface area contributed by atoms with E-state index < -0.39 is 0 Å². The monoisotopic (exact) mass is 319 g/mol. The van der Waals surface area contributed by atoms with Crippen LogP contribution in [0.2, 0.25) is 0 Å². The molecule has 0 saturated carbocycles. The first-order valence-electron chi connectivity index (χ1n) is 7.08. The van der Waals surface area contributed by atoms with Gasteiger partial charge in [-0.05, 0) is 6.92 Å². The molecule has 7 nitrogen and oxygen atoms in total. The highest BCUT2D eigenvalue weighted by Gasteiger charge is 2.22. The quantitative estimate of drug-likeness (QED) is 0.779. The van der Waals surface area contributed by atoms with Crippen LogP contribution in [0.5, 0.6) is 0 Å². The molecule has 3 aromatic heterocycles. The van der Waals surface area contributed by atoms with E-state index in [0.717, 1.165) is 10.7 Å². The fourth-order valence-corrected chi connectivity index (χ4v) is 3.13. The van der Waals surface area contributed by atoms with Gasteiger partial charge in [0.05, 0.1) is 11.4 Å². The molecule has 0 atom stereocenters. The minimum absolute atomic E-state index is 0.119. The van der Waals surface area contributed by atoms with E-state index in [0.29, 0.717) is 30.0 Å². The van der Waals surface area contributed by atoms with Crippen molar-refractivity contribution in [2.24, 2.45) is 0 Å². The number of fused-ring (bicyclic) bond motifs is 1. The Morgan fingerprint density at radius 3 is 3.09 bits per heavy atom. The first kappa shape index (κ1) is 14.7. The molecule has 0 fully saturated rings. The molecule has 0 aliphatic rings. The SMILES string of the molecule is Cc1noc(C(C)C)c1C(=O)NCCc1csc2ncnn12. The van der Waals surface area contributed by atoms with Crippen LogP contribution in [0.15, 0.2) is 16.2 Å². The van der Waals surface area contributed by atoms with Gasteiger partial charge < -0.3 is 9.84 Å². The second-order valence-corrected chi connectivity index (χ2v) is 6.19. The molecule has 0 bridgehead atoms. The van der Waals surface area contributed by atoms with Crippen molar-refractivity contribution in [2.45, 2.75) is 33.1 Å². The Morgan fingerprint density at radius 1 is 1.50 bits per heavy atom. The molecule has 3 aromatic rings. The molecule has 0 aliphatic heterocycles. The highest BCUT2D eigenvalue weighted by Crippen LogP contribution is 2.22. The van der Waals surface area contributed by atoms with Crippen molar-refractivity contribution in [3.8, 4) is 0 Å². The molecule has 0 saturated heterocycles. The number of aryl methyl sites for hydroxylation is 1. The molecule has 0 spiro atoms. The summed E-state index contributed by atoms with van der Waals surface area (Å²) >= 11 is 1.54. The summed E-state index contributed by atoms with van der Waals surface area (Å²) < 4.78 is 7.04. The minimum Gasteiger partial charge on any atom is -0.360 e. The number of carbonyl (C=O) groups excluding carboxylic acids is 1. The maximum atomic E-state index is 12.4. The van der Waals surface area contributed by atoms with E-state index in [1.807, 2.05) is 19.2 Å². The Hall–Kier alpha value is -2.22. The third-order valence-corrected chi connectivity index (χ3v) is 4.28. The summed E-state index contributed by atoms with van der Waals surface area (Å²) in [6, 6.07) is 0. The van der Waals surface area contributed by atoms with Gasteiger partial charge in [-0.25, -0.2) is 9.50 Å². The Bertz CT molecular complexity index is 801. The molecule has 0 radical (unpaired) electrons. The fraction of sp³-hybridized carbons (Fsp3) is 0.429. The van der Waals surface area contributed by atoms with Gasteiger partial charge in [0, 0.05) is 24.3 Å². The van der Waals surface area contributed by atoms with Gasteiger partial charge in [-0.15, -0.1) is 11.3 Å². The average Bonchev–Trinajstić information content (AvgIpc) is 3.14. The normalized spacial score (nSPS) is 11.5. The van der Waals surface area contributed by atoms with E-state index in [1.54, 1.807) is 11.4 Å². The van der Waals surface area contributed by atoms with E-state index in [2.05, 4.69) is 20.6 Å². The lowest BCUT2D eigenvalue weighted by Gasteiger charge is -2.06. The average molecular weight is 319 g/mol. The molecule has 1 N–H and O–H groups in total. The smallest absolute Gasteiger partial charge is 0.256 e. The summed E-state index contributed by atoms with van der Waals surface area (Å²) in [4.78, 5) is 17.3. The lowest BCUT2D eigenvalue weighted by Crippen LogP contribution is -2.27. The van der Waals surface area contributed by atoms with Crippen molar-refractivity contribution in [2.75, 3.05) is 6.54 Å². The largest absolute Gasteiger partial charge is 0.360 e. The molecule has 0 aromatic carbocycles. The Labute approximate surface area is 131 Å². The van der Waals surface area contributed by atoms with Crippen molar-refractivity contribution in [1.29, 1.82) is 0 Å². The molecule has 22 heavy (non-hydrogen) atoms. The molecule has 3 rings (SSSR count). The van der Waals surface area contributed by atoms with Crippen molar-refractivity contribution >= 4 is 22.2 Å². The van der Waals surface area contributed by atoms with Gasteiger partial charge in [-0.1, -0.05) is 19.0 Å². The van der Waals surface area contributed by atoms with Gasteiger partial charge in [0.15, 0.2) is 5.76 Å². The van der Waals surface area contributed by atoms with Gasteiger partial charge >= 0.3 is 0 Å². The molecule has 8 heteroatoms. The van der Waals surface area contributed by atoms with Gasteiger partial charge in [-0.3, -0.25) is 4.79 Å². The maximum absolute atomic E-state index is 12.4. The summed E-state index contributed by atoms with van der Waals surface area (Å²) in [5.41, 5.74) is 2.20. The number of nitrogens with one attached hydrogen (secondary N) is 1. The van der Waals surface area contributed by atoms with Gasteiger partial charge in [0.2, 0.25) is 4.96 Å². The van der Waals surface area contributed by atoms with Crippen molar-refractivity contribution < 1.29 is 9.32 Å². The van der Waals surface area contributed by atoms with Crippen LogP contribution in [0, 0.1) is 6.92 Å². The molecule has 116 valence electrons. The van der Waals surface area contributed by atoms with Crippen LogP contribution >= 0.6 is 11.3 Å². The molecule has 0 unspecified atom stereocenters. The fourth-order valence-electron chi connectivity index (χ4n) is 2.29. The summed E-state index contributed by atoms with van der Waals surface area (Å²) in [7, 11) is 0. The summed E-state index contributed by atoms with van der Waals surface area (Å²) in [6.45, 7) is 6.25. The zero-order chi connectivity index (χ0) is 15.7. The number of amides is 1. The van der Waals surface area contributed by atoms with Gasteiger partial charge in [0.1, 0.15) is 11.9 Å². The summed E-state index contributed by atoms with van der Waals surface area (Å²) in [5.74, 6) is 0.602. The first-order chi connectivity index (χ1) is 10.6. The molecule has 0 aliphatic carbocycles. The van der Waals surface area contributed by atoms with Crippen LogP contribution in [-0.4, -0.2) is 32.2 Å². The number of nitrogens with zero attached hydrogens (tertiary/aromatic N) is 4. The predicted molar refractivity (Wildman–Crippen MR) is 82.2 cm³/mol. The number of aromatic nitrogens is 4. The molecule has 1 amide bonds. The van der Waals surface area contributed by atoms with Crippen LogP contribution in [0.25, 0.3) is 4.96 Å². The zero-order valence-corrected chi connectivity index (χ0v) is 13.5. The van der Waals surface area contributed by atoms with E-state index in [1.165, 1.54) is 17.7 Å². The standard InChI is InChI=1S/C14H17N5O2S/c1-8(2)12-11(9(3)18-21-12)13(20)15-5-4-10-6-22-14-16-7-17-19(10)14/h6-8H,4-5H2,1-3H3,(H,15,20). The van der Waals surface area contributed by atoms with Crippen LogP contribution < -0.4 is 5.32 Å². The number of hydrogen-bond acceptors (Lipinski definition) is 6. The van der Waals surface area contributed by atoms with E-state index >= 15 is 0 Å². The maximum Gasteiger partial charge on any atom is 0.256 e. The molecular weight excluding hydrogens is 302 g/mol. The molecule has 3 heterocycles. The summed E-state index contributed by atoms with van der Waals surface area (Å²) in [6.07, 6.45) is 2.22. The zero-order valence-electron chi connectivity index (χ0n) is 12.7. The number of carbonyl (C=O) groups is 1. The van der Waals surface area contributed by atoms with Crippen LogP contribution in [-0.2, 0) is 6.42 Å². The Morgan fingerprint density at radius 2 is 2.32 bits per heavy atom. The third kappa shape index (κ3) is 2.61. The second kappa shape index (κ2) is 5.88. The minimum atomic E-state index is -0.146. The number of rotatable bonds is 5. The number of hydrogen-bond donors (Lipinski definition) is 1. The Kier molecular flexibility index (Phi) is 3.93. The van der Waals surface area contributed by atoms with Gasteiger partial charge in [-0.2, -0.15) is 5.10 Å². The lowest BCUT2D eigenvalue weighted by atomic mass is 10.0. The first-order valence-corrected chi connectivity index (χ1v) is 7.96. The van der Waals surface area contributed by atoms with E-state index in [4.69, 9.17) is 4.52 Å². The Balaban J connectivity index is 1.66. The van der Waals surface area contributed by atoms with Crippen molar-refractivity contribution in [1.82, 2.24) is 25.1 Å². The third-order valence-electron chi connectivity index (χ3n) is 3.40. The second-order valence-electron chi connectivity index (χ2n) is 5.35. The van der Waals surface area contributed by atoms with E-state index in [9.17, 15) is 4.79 Å². The summed E-state index contributed by atoms with van der Waals surface area (Å²) in [5, 5.41) is 13.0. The number of thiazole rings is 1. The van der Waals surface area contributed by atoms with Crippen LogP contribution in [0.4, 0.5) is 0 Å². The highest BCUT2D eigenvalue weighted by atomic mass is 32.1. The topological polar surface area (TPSA) is 85.3 Å². The van der Waals surface area contributed by atoms with Crippen LogP contribution in [0.3, 0.4) is 0 Å². The highest BCUT2D eigenvalue weighted by molar-refractivity contribution is 7.15. The van der Waals surface area contributed by atoms with Gasteiger partial charge in [0.25, 0.3) is 5.91 Å².